The first-order chi connectivity index (χ1) is 9.72. The zero-order valence-corrected chi connectivity index (χ0v) is 11.4. The fraction of sp³-hybridized carbons (Fsp3) is 0.462. The van der Waals surface area contributed by atoms with Gasteiger partial charge in [-0.3, -0.25) is 0 Å². The minimum atomic E-state index is -0.414. The van der Waals surface area contributed by atoms with Crippen LogP contribution in [0.25, 0.3) is 0 Å². The van der Waals surface area contributed by atoms with Gasteiger partial charge in [-0.2, -0.15) is 0 Å². The number of methoxy groups -OCH3 is 1. The lowest BCUT2D eigenvalue weighted by atomic mass is 10.3. The molecule has 1 rings (SSSR count). The van der Waals surface area contributed by atoms with E-state index in [2.05, 4.69) is 5.32 Å². The van der Waals surface area contributed by atoms with E-state index in [4.69, 9.17) is 19.7 Å². The van der Waals surface area contributed by atoms with E-state index < -0.39 is 6.03 Å². The molecule has 0 aliphatic heterocycles. The summed E-state index contributed by atoms with van der Waals surface area (Å²) in [6.45, 7) is -0.0593. The van der Waals surface area contributed by atoms with Crippen LogP contribution in [0.5, 0.6) is 11.5 Å². The Kier molecular flexibility index (Phi) is 7.23. The SMILES string of the molecule is COc1ccccc1OCNC(=O)N(CCO)CCO. The smallest absolute Gasteiger partial charge is 0.320 e. The summed E-state index contributed by atoms with van der Waals surface area (Å²) < 4.78 is 10.5. The van der Waals surface area contributed by atoms with Crippen molar-refractivity contribution in [1.82, 2.24) is 10.2 Å². The number of benzene rings is 1. The van der Waals surface area contributed by atoms with Crippen LogP contribution in [0, 0.1) is 0 Å². The molecule has 0 radical (unpaired) electrons. The molecule has 0 saturated heterocycles. The van der Waals surface area contributed by atoms with Crippen molar-refractivity contribution in [3.63, 3.8) is 0 Å². The van der Waals surface area contributed by atoms with Crippen LogP contribution in [0.1, 0.15) is 0 Å². The Morgan fingerprint density at radius 1 is 1.20 bits per heavy atom. The lowest BCUT2D eigenvalue weighted by Gasteiger charge is -2.21. The molecule has 0 fully saturated rings. The number of amides is 2. The molecule has 0 bridgehead atoms. The predicted octanol–water partition coefficient (Wildman–Crippen LogP) is 0.0277. The van der Waals surface area contributed by atoms with E-state index in [1.807, 2.05) is 6.07 Å². The molecule has 7 heteroatoms. The number of hydrogen-bond donors (Lipinski definition) is 3. The first-order valence-electron chi connectivity index (χ1n) is 6.23. The Morgan fingerprint density at radius 2 is 1.80 bits per heavy atom. The molecule has 2 amide bonds. The highest BCUT2D eigenvalue weighted by atomic mass is 16.5. The normalized spacial score (nSPS) is 9.95. The highest BCUT2D eigenvalue weighted by Gasteiger charge is 2.12. The number of ether oxygens (including phenoxy) is 2. The van der Waals surface area contributed by atoms with Gasteiger partial charge in [0.1, 0.15) is 0 Å². The Labute approximate surface area is 117 Å². The molecule has 0 unspecified atom stereocenters. The molecule has 0 aliphatic carbocycles. The maximum Gasteiger partial charge on any atom is 0.320 e. The number of urea groups is 1. The third kappa shape index (κ3) is 4.94. The number of rotatable bonds is 8. The summed E-state index contributed by atoms with van der Waals surface area (Å²) in [6.07, 6.45) is 0. The van der Waals surface area contributed by atoms with Crippen LogP contribution < -0.4 is 14.8 Å². The summed E-state index contributed by atoms with van der Waals surface area (Å²) >= 11 is 0. The molecule has 0 saturated carbocycles. The molecule has 7 nitrogen and oxygen atoms in total. The number of aliphatic hydroxyl groups excluding tert-OH is 2. The maximum absolute atomic E-state index is 11.7. The van der Waals surface area contributed by atoms with Gasteiger partial charge in [0.25, 0.3) is 0 Å². The molecule has 0 aromatic heterocycles. The summed E-state index contributed by atoms with van der Waals surface area (Å²) in [5, 5.41) is 20.2. The van der Waals surface area contributed by atoms with E-state index in [0.29, 0.717) is 11.5 Å². The van der Waals surface area contributed by atoms with Crippen molar-refractivity contribution >= 4 is 6.03 Å². The van der Waals surface area contributed by atoms with Crippen LogP contribution in [0.2, 0.25) is 0 Å². The quantitative estimate of drug-likeness (QED) is 0.586. The molecular weight excluding hydrogens is 264 g/mol. The Morgan fingerprint density at radius 3 is 2.35 bits per heavy atom. The number of para-hydroxylation sites is 2. The molecule has 0 spiro atoms. The lowest BCUT2D eigenvalue weighted by molar-refractivity contribution is 0.150. The van der Waals surface area contributed by atoms with Gasteiger partial charge in [-0.05, 0) is 12.1 Å². The molecule has 0 atom stereocenters. The van der Waals surface area contributed by atoms with Crippen molar-refractivity contribution in [2.75, 3.05) is 40.1 Å². The maximum atomic E-state index is 11.7. The fourth-order valence-corrected chi connectivity index (χ4v) is 1.58. The van der Waals surface area contributed by atoms with Crippen LogP contribution >= 0.6 is 0 Å². The van der Waals surface area contributed by atoms with Gasteiger partial charge in [0, 0.05) is 13.1 Å². The molecule has 112 valence electrons. The zero-order valence-electron chi connectivity index (χ0n) is 11.4. The standard InChI is InChI=1S/C13H20N2O5/c1-19-11-4-2-3-5-12(11)20-10-14-13(18)15(6-8-16)7-9-17/h2-5,16-17H,6-10H2,1H3,(H,14,18). The van der Waals surface area contributed by atoms with E-state index in [1.54, 1.807) is 18.2 Å². The van der Waals surface area contributed by atoms with Gasteiger partial charge in [-0.15, -0.1) is 0 Å². The van der Waals surface area contributed by atoms with Crippen molar-refractivity contribution in [2.45, 2.75) is 0 Å². The highest BCUT2D eigenvalue weighted by molar-refractivity contribution is 5.74. The minimum Gasteiger partial charge on any atom is -0.493 e. The minimum absolute atomic E-state index is 0.0352. The molecule has 0 heterocycles. The zero-order chi connectivity index (χ0) is 14.8. The summed E-state index contributed by atoms with van der Waals surface area (Å²) in [5.74, 6) is 1.09. The molecule has 0 aliphatic rings. The van der Waals surface area contributed by atoms with Crippen molar-refractivity contribution in [2.24, 2.45) is 0 Å². The molecule has 20 heavy (non-hydrogen) atoms. The van der Waals surface area contributed by atoms with E-state index in [0.717, 1.165) is 0 Å². The van der Waals surface area contributed by atoms with Crippen molar-refractivity contribution in [3.05, 3.63) is 24.3 Å². The van der Waals surface area contributed by atoms with Gasteiger partial charge in [-0.25, -0.2) is 4.79 Å². The number of nitrogens with one attached hydrogen (secondary N) is 1. The number of carbonyl (C=O) groups excluding carboxylic acids is 1. The van der Waals surface area contributed by atoms with E-state index >= 15 is 0 Å². The number of carbonyl (C=O) groups is 1. The monoisotopic (exact) mass is 284 g/mol. The second-order valence-electron chi connectivity index (χ2n) is 3.86. The van der Waals surface area contributed by atoms with Gasteiger partial charge in [-0.1, -0.05) is 12.1 Å². The van der Waals surface area contributed by atoms with Crippen LogP contribution in [-0.4, -0.2) is 61.3 Å². The van der Waals surface area contributed by atoms with Crippen LogP contribution in [0.4, 0.5) is 4.79 Å². The Hall–Kier alpha value is -1.99. The van der Waals surface area contributed by atoms with Crippen LogP contribution in [0.15, 0.2) is 24.3 Å². The van der Waals surface area contributed by atoms with Crippen molar-refractivity contribution in [1.29, 1.82) is 0 Å². The summed E-state index contributed by atoms with van der Waals surface area (Å²) in [5.41, 5.74) is 0. The molecule has 1 aromatic rings. The van der Waals surface area contributed by atoms with Gasteiger partial charge < -0.3 is 29.9 Å². The topological polar surface area (TPSA) is 91.3 Å². The molecular formula is C13H20N2O5. The van der Waals surface area contributed by atoms with Gasteiger partial charge >= 0.3 is 6.03 Å². The van der Waals surface area contributed by atoms with E-state index in [-0.39, 0.29) is 33.0 Å². The first-order valence-corrected chi connectivity index (χ1v) is 6.23. The predicted molar refractivity (Wildman–Crippen MR) is 72.8 cm³/mol. The second kappa shape index (κ2) is 9.00. The van der Waals surface area contributed by atoms with Crippen LogP contribution in [0.3, 0.4) is 0 Å². The largest absolute Gasteiger partial charge is 0.493 e. The van der Waals surface area contributed by atoms with Gasteiger partial charge in [0.05, 0.1) is 20.3 Å². The third-order valence-corrected chi connectivity index (χ3v) is 2.55. The second-order valence-corrected chi connectivity index (χ2v) is 3.86. The van der Waals surface area contributed by atoms with Crippen molar-refractivity contribution in [3.8, 4) is 11.5 Å². The molecule has 3 N–H and O–H groups in total. The Balaban J connectivity index is 2.44. The van der Waals surface area contributed by atoms with E-state index in [9.17, 15) is 4.79 Å². The Bertz CT molecular complexity index is 408. The van der Waals surface area contributed by atoms with Crippen LogP contribution in [-0.2, 0) is 0 Å². The number of hydrogen-bond acceptors (Lipinski definition) is 5. The number of aliphatic hydroxyl groups is 2. The first kappa shape index (κ1) is 16.1. The van der Waals surface area contributed by atoms with E-state index in [1.165, 1.54) is 12.0 Å². The number of nitrogens with zero attached hydrogens (tertiary/aromatic N) is 1. The average molecular weight is 284 g/mol. The average Bonchev–Trinajstić information content (AvgIpc) is 2.47. The van der Waals surface area contributed by atoms with Gasteiger partial charge in [0.2, 0.25) is 0 Å². The summed E-state index contributed by atoms with van der Waals surface area (Å²) in [7, 11) is 1.53. The molecule has 1 aromatic carbocycles. The third-order valence-electron chi connectivity index (χ3n) is 2.55. The highest BCUT2D eigenvalue weighted by Crippen LogP contribution is 2.25. The lowest BCUT2D eigenvalue weighted by Crippen LogP contribution is -2.44. The fourth-order valence-electron chi connectivity index (χ4n) is 1.58. The summed E-state index contributed by atoms with van der Waals surface area (Å²) in [6, 6.07) is 6.67. The van der Waals surface area contributed by atoms with Crippen molar-refractivity contribution < 1.29 is 24.5 Å². The summed E-state index contributed by atoms with van der Waals surface area (Å²) in [4.78, 5) is 13.0. The van der Waals surface area contributed by atoms with Gasteiger partial charge in [0.15, 0.2) is 18.2 Å².